The molecule has 0 aliphatic carbocycles. The number of amides is 1. The van der Waals surface area contributed by atoms with Crippen LogP contribution in [0.5, 0.6) is 0 Å². The van der Waals surface area contributed by atoms with Crippen LogP contribution in [-0.2, 0) is 9.53 Å². The van der Waals surface area contributed by atoms with Gasteiger partial charge in [0.2, 0.25) is 5.91 Å². The molecule has 0 aromatic carbocycles. The van der Waals surface area contributed by atoms with Crippen LogP contribution in [0.3, 0.4) is 0 Å². The summed E-state index contributed by atoms with van der Waals surface area (Å²) in [5, 5.41) is 11.0. The van der Waals surface area contributed by atoms with Gasteiger partial charge in [0.05, 0.1) is 13.2 Å². The molecule has 2 aromatic heterocycles. The van der Waals surface area contributed by atoms with E-state index < -0.39 is 0 Å². The number of H-pyrrole nitrogens is 1. The van der Waals surface area contributed by atoms with Gasteiger partial charge in [0.25, 0.3) is 0 Å². The normalized spacial score (nSPS) is 20.5. The van der Waals surface area contributed by atoms with E-state index in [1.807, 2.05) is 19.9 Å². The summed E-state index contributed by atoms with van der Waals surface area (Å²) in [4.78, 5) is 18.6. The van der Waals surface area contributed by atoms with Gasteiger partial charge in [0, 0.05) is 18.9 Å². The lowest BCUT2D eigenvalue weighted by atomic mass is 10.2. The molecule has 1 amide bonds. The Balaban J connectivity index is 1.69. The smallest absolute Gasteiger partial charge is 0.247 e. The van der Waals surface area contributed by atoms with Gasteiger partial charge in [-0.05, 0) is 19.9 Å². The molecule has 3 heterocycles. The van der Waals surface area contributed by atoms with Crippen molar-refractivity contribution < 1.29 is 9.53 Å². The summed E-state index contributed by atoms with van der Waals surface area (Å²) in [6.45, 7) is 5.20. The minimum absolute atomic E-state index is 0.0271. The molecule has 1 N–H and O–H groups in total. The molecule has 8 heteroatoms. The molecule has 1 fully saturated rings. The molecule has 21 heavy (non-hydrogen) atoms. The molecule has 112 valence electrons. The maximum atomic E-state index is 12.5. The molecule has 2 atom stereocenters. The Bertz CT molecular complexity index is 608. The fourth-order valence-electron chi connectivity index (χ4n) is 2.40. The molecule has 0 bridgehead atoms. The Hall–Kier alpha value is -2.22. The first-order valence-electron chi connectivity index (χ1n) is 6.93. The fourth-order valence-corrected chi connectivity index (χ4v) is 2.40. The summed E-state index contributed by atoms with van der Waals surface area (Å²) < 4.78 is 7.32. The summed E-state index contributed by atoms with van der Waals surface area (Å²) in [6, 6.07) is 1.48. The highest BCUT2D eigenvalue weighted by Gasteiger charge is 2.30. The Morgan fingerprint density at radius 2 is 2.43 bits per heavy atom. The van der Waals surface area contributed by atoms with Crippen molar-refractivity contribution in [2.24, 2.45) is 0 Å². The predicted octanol–water partition coefficient (Wildman–Crippen LogP) is 0.471. The molecule has 2 aromatic rings. The molecule has 3 rings (SSSR count). The van der Waals surface area contributed by atoms with Crippen molar-refractivity contribution in [1.29, 1.82) is 0 Å². The topological polar surface area (TPSA) is 88.9 Å². The molecule has 0 saturated carbocycles. The van der Waals surface area contributed by atoms with Gasteiger partial charge in [-0.15, -0.1) is 0 Å². The average Bonchev–Trinajstić information content (AvgIpc) is 3.17. The maximum Gasteiger partial charge on any atom is 0.247 e. The number of nitrogens with zero attached hydrogens (tertiary/aromatic N) is 5. The number of morpholine rings is 1. The van der Waals surface area contributed by atoms with Crippen molar-refractivity contribution in [3.63, 3.8) is 0 Å². The number of rotatable bonds is 3. The van der Waals surface area contributed by atoms with Gasteiger partial charge in [-0.1, -0.05) is 0 Å². The summed E-state index contributed by atoms with van der Waals surface area (Å²) in [5.41, 5.74) is 0. The molecule has 0 spiro atoms. The van der Waals surface area contributed by atoms with Crippen LogP contribution in [0.4, 0.5) is 0 Å². The second kappa shape index (κ2) is 5.65. The van der Waals surface area contributed by atoms with Crippen molar-refractivity contribution in [2.45, 2.75) is 26.0 Å². The lowest BCUT2D eigenvalue weighted by Gasteiger charge is -2.33. The van der Waals surface area contributed by atoms with Gasteiger partial charge in [0.1, 0.15) is 18.0 Å². The van der Waals surface area contributed by atoms with Crippen LogP contribution in [-0.4, -0.2) is 55.5 Å². The van der Waals surface area contributed by atoms with Crippen molar-refractivity contribution in [3.05, 3.63) is 30.1 Å². The van der Waals surface area contributed by atoms with E-state index in [9.17, 15) is 4.79 Å². The summed E-state index contributed by atoms with van der Waals surface area (Å²) in [5.74, 6) is 1.36. The van der Waals surface area contributed by atoms with Crippen LogP contribution in [0.2, 0.25) is 0 Å². The number of aryl methyl sites for hydroxylation is 1. The third kappa shape index (κ3) is 2.80. The Kier molecular flexibility index (Phi) is 3.70. The van der Waals surface area contributed by atoms with Crippen molar-refractivity contribution in [3.8, 4) is 0 Å². The number of ether oxygens (including phenoxy) is 1. The predicted molar refractivity (Wildman–Crippen MR) is 73.3 cm³/mol. The quantitative estimate of drug-likeness (QED) is 0.887. The van der Waals surface area contributed by atoms with Crippen LogP contribution in [0.1, 0.15) is 30.7 Å². The minimum Gasteiger partial charge on any atom is -0.366 e. The monoisotopic (exact) mass is 290 g/mol. The molecular formula is C13H18N6O2. The number of carbonyl (C=O) groups is 1. The third-order valence-electron chi connectivity index (χ3n) is 3.56. The van der Waals surface area contributed by atoms with Crippen molar-refractivity contribution in [2.75, 3.05) is 19.7 Å². The summed E-state index contributed by atoms with van der Waals surface area (Å²) >= 11 is 0. The van der Waals surface area contributed by atoms with Gasteiger partial charge in [0.15, 0.2) is 5.82 Å². The van der Waals surface area contributed by atoms with Crippen LogP contribution in [0.25, 0.3) is 0 Å². The van der Waals surface area contributed by atoms with Gasteiger partial charge in [-0.25, -0.2) is 4.98 Å². The lowest BCUT2D eigenvalue weighted by molar-refractivity contribution is -0.142. The van der Waals surface area contributed by atoms with Crippen LogP contribution >= 0.6 is 0 Å². The Morgan fingerprint density at radius 1 is 1.57 bits per heavy atom. The Labute approximate surface area is 122 Å². The molecule has 1 aliphatic rings. The van der Waals surface area contributed by atoms with E-state index in [0.29, 0.717) is 25.5 Å². The van der Waals surface area contributed by atoms with Crippen LogP contribution < -0.4 is 0 Å². The van der Waals surface area contributed by atoms with E-state index >= 15 is 0 Å². The largest absolute Gasteiger partial charge is 0.366 e. The molecule has 0 radical (unpaired) electrons. The summed E-state index contributed by atoms with van der Waals surface area (Å²) in [6.07, 6.45) is 3.18. The molecule has 8 nitrogen and oxygen atoms in total. The fraction of sp³-hybridized carbons (Fsp3) is 0.538. The van der Waals surface area contributed by atoms with E-state index in [-0.39, 0.29) is 18.1 Å². The zero-order valence-electron chi connectivity index (χ0n) is 12.1. The highest BCUT2D eigenvalue weighted by molar-refractivity contribution is 5.80. The summed E-state index contributed by atoms with van der Waals surface area (Å²) in [7, 11) is 0. The van der Waals surface area contributed by atoms with E-state index in [4.69, 9.17) is 4.74 Å². The van der Waals surface area contributed by atoms with Crippen LogP contribution in [0, 0.1) is 6.92 Å². The highest BCUT2D eigenvalue weighted by atomic mass is 16.5. The van der Waals surface area contributed by atoms with Gasteiger partial charge in [-0.3, -0.25) is 14.6 Å². The maximum absolute atomic E-state index is 12.5. The van der Waals surface area contributed by atoms with E-state index in [1.165, 1.54) is 0 Å². The number of aromatic nitrogens is 5. The first-order chi connectivity index (χ1) is 10.1. The van der Waals surface area contributed by atoms with E-state index in [1.54, 1.807) is 22.0 Å². The zero-order valence-corrected chi connectivity index (χ0v) is 12.1. The SMILES string of the molecule is Cc1nc([C@@H]2CN(C(=O)[C@H](C)n3cccn3)CCO2)n[nH]1. The number of hydrogen-bond acceptors (Lipinski definition) is 5. The zero-order chi connectivity index (χ0) is 14.8. The highest BCUT2D eigenvalue weighted by Crippen LogP contribution is 2.21. The third-order valence-corrected chi connectivity index (χ3v) is 3.56. The minimum atomic E-state index is -0.326. The molecule has 1 aliphatic heterocycles. The molecule has 1 saturated heterocycles. The van der Waals surface area contributed by atoms with Crippen molar-refractivity contribution >= 4 is 5.91 Å². The average molecular weight is 290 g/mol. The van der Waals surface area contributed by atoms with Crippen LogP contribution in [0.15, 0.2) is 18.5 Å². The van der Waals surface area contributed by atoms with E-state index in [2.05, 4.69) is 20.3 Å². The first kappa shape index (κ1) is 13.7. The van der Waals surface area contributed by atoms with Crippen molar-refractivity contribution in [1.82, 2.24) is 29.9 Å². The van der Waals surface area contributed by atoms with Gasteiger partial charge >= 0.3 is 0 Å². The number of aromatic amines is 1. The second-order valence-electron chi connectivity index (χ2n) is 5.08. The standard InChI is InChI=1S/C13H18N6O2/c1-9(19-5-3-4-14-19)13(20)18-6-7-21-11(8-18)12-15-10(2)16-17-12/h3-5,9,11H,6-8H2,1-2H3,(H,15,16,17)/t9-,11-/m0/s1. The number of carbonyl (C=O) groups excluding carboxylic acids is 1. The molecule has 0 unspecified atom stereocenters. The first-order valence-corrected chi connectivity index (χ1v) is 6.93. The lowest BCUT2D eigenvalue weighted by Crippen LogP contribution is -2.45. The molecular weight excluding hydrogens is 272 g/mol. The number of nitrogens with one attached hydrogen (secondary N) is 1. The van der Waals surface area contributed by atoms with Gasteiger partial charge in [-0.2, -0.15) is 10.2 Å². The second-order valence-corrected chi connectivity index (χ2v) is 5.08. The van der Waals surface area contributed by atoms with E-state index in [0.717, 1.165) is 5.82 Å². The Morgan fingerprint density at radius 3 is 3.10 bits per heavy atom. The number of hydrogen-bond donors (Lipinski definition) is 1. The van der Waals surface area contributed by atoms with Gasteiger partial charge < -0.3 is 9.64 Å².